The number of nitrogens with one attached hydrogen (secondary N) is 2. The van der Waals surface area contributed by atoms with Gasteiger partial charge < -0.3 is 4.90 Å². The average molecular weight is 258 g/mol. The highest BCUT2D eigenvalue weighted by Gasteiger charge is 2.47. The molecule has 0 aromatic heterocycles. The number of nitrogens with zero attached hydrogens (tertiary/aromatic N) is 4. The maximum absolute atomic E-state index is 3.33. The van der Waals surface area contributed by atoms with Gasteiger partial charge in [0.05, 0.1) is 6.04 Å². The Hall–Kier alpha value is -0.240. The van der Waals surface area contributed by atoms with Gasteiger partial charge >= 0.3 is 0 Å². The minimum Gasteiger partial charge on any atom is -0.302 e. The summed E-state index contributed by atoms with van der Waals surface area (Å²) in [6, 6.07) is 0.342. The van der Waals surface area contributed by atoms with E-state index in [0.29, 0.717) is 6.04 Å². The summed E-state index contributed by atoms with van der Waals surface area (Å²) in [5.74, 6) is -0.198. The van der Waals surface area contributed by atoms with Crippen LogP contribution in [0.5, 0.6) is 0 Å². The Kier molecular flexibility index (Phi) is 5.51. The molecule has 1 fully saturated rings. The highest BCUT2D eigenvalue weighted by atomic mass is 15.8. The van der Waals surface area contributed by atoms with Crippen LogP contribution >= 0.6 is 0 Å². The monoisotopic (exact) mass is 258 g/mol. The van der Waals surface area contributed by atoms with E-state index in [-0.39, 0.29) is 5.79 Å². The van der Waals surface area contributed by atoms with E-state index in [9.17, 15) is 0 Å². The van der Waals surface area contributed by atoms with Crippen molar-refractivity contribution in [2.24, 2.45) is 0 Å². The lowest BCUT2D eigenvalue weighted by Gasteiger charge is -2.57. The van der Waals surface area contributed by atoms with Crippen molar-refractivity contribution in [3.05, 3.63) is 0 Å². The zero-order valence-electron chi connectivity index (χ0n) is 13.0. The Morgan fingerprint density at radius 3 is 1.94 bits per heavy atom. The van der Waals surface area contributed by atoms with Gasteiger partial charge in [0.2, 0.25) is 0 Å². The van der Waals surface area contributed by atoms with Crippen LogP contribution in [0.15, 0.2) is 0 Å². The van der Waals surface area contributed by atoms with Crippen LogP contribution in [0.3, 0.4) is 0 Å². The second kappa shape index (κ2) is 6.27. The van der Waals surface area contributed by atoms with E-state index in [4.69, 9.17) is 0 Å². The molecule has 0 aliphatic carbocycles. The molecule has 1 aliphatic heterocycles. The van der Waals surface area contributed by atoms with Crippen molar-refractivity contribution in [2.75, 3.05) is 55.4 Å². The molecule has 2 N–H and O–H groups in total. The summed E-state index contributed by atoms with van der Waals surface area (Å²) in [5.41, 5.74) is 6.58. The van der Waals surface area contributed by atoms with Crippen LogP contribution in [-0.2, 0) is 0 Å². The molecule has 1 aliphatic rings. The van der Waals surface area contributed by atoms with Gasteiger partial charge in [-0.15, -0.1) is 0 Å². The minimum absolute atomic E-state index is 0.198. The molecule has 0 aromatic carbocycles. The van der Waals surface area contributed by atoms with Gasteiger partial charge in [-0.25, -0.2) is 5.43 Å². The third kappa shape index (κ3) is 2.68. The number of likely N-dealkylation sites (N-methyl/N-ethyl adjacent to an activating group) is 3. The molecule has 1 saturated heterocycles. The molecule has 0 aromatic rings. The number of hydrazine groups is 2. The lowest BCUT2D eigenvalue weighted by atomic mass is 10.1. The first-order chi connectivity index (χ1) is 8.35. The van der Waals surface area contributed by atoms with Gasteiger partial charge in [-0.1, -0.05) is 0 Å². The summed E-state index contributed by atoms with van der Waals surface area (Å²) in [6.45, 7) is 4.31. The highest BCUT2D eigenvalue weighted by molar-refractivity contribution is 4.93. The fourth-order valence-electron chi connectivity index (χ4n) is 2.98. The van der Waals surface area contributed by atoms with Crippen molar-refractivity contribution < 1.29 is 0 Å². The lowest BCUT2D eigenvalue weighted by Crippen LogP contribution is -2.78. The first kappa shape index (κ1) is 15.8. The van der Waals surface area contributed by atoms with E-state index < -0.39 is 0 Å². The summed E-state index contributed by atoms with van der Waals surface area (Å²) in [4.78, 5) is 6.81. The SMILES string of the molecule is CC(N(C)C)C(N(C)C)(N(C)C)N1CCCNN1. The Morgan fingerprint density at radius 1 is 1.06 bits per heavy atom. The predicted molar refractivity (Wildman–Crippen MR) is 75.7 cm³/mol. The van der Waals surface area contributed by atoms with Gasteiger partial charge in [-0.2, -0.15) is 10.5 Å². The Bertz CT molecular complexity index is 239. The van der Waals surface area contributed by atoms with Crippen molar-refractivity contribution >= 4 is 0 Å². The number of rotatable bonds is 5. The van der Waals surface area contributed by atoms with Crippen molar-refractivity contribution in [1.29, 1.82) is 0 Å². The molecule has 6 heteroatoms. The molecule has 1 rings (SSSR count). The van der Waals surface area contributed by atoms with Crippen molar-refractivity contribution in [3.8, 4) is 0 Å². The molecular weight excluding hydrogens is 228 g/mol. The molecule has 0 saturated carbocycles. The first-order valence-corrected chi connectivity index (χ1v) is 6.62. The summed E-state index contributed by atoms with van der Waals surface area (Å²) < 4.78 is 0. The zero-order valence-corrected chi connectivity index (χ0v) is 13.0. The van der Waals surface area contributed by atoms with E-state index >= 15 is 0 Å². The molecule has 6 nitrogen and oxygen atoms in total. The van der Waals surface area contributed by atoms with Crippen LogP contribution in [0.4, 0.5) is 0 Å². The van der Waals surface area contributed by atoms with Crippen LogP contribution in [-0.4, -0.2) is 86.9 Å². The van der Waals surface area contributed by atoms with Gasteiger partial charge in [-0.3, -0.25) is 9.80 Å². The molecule has 0 spiro atoms. The van der Waals surface area contributed by atoms with Crippen molar-refractivity contribution in [1.82, 2.24) is 30.7 Å². The Balaban J connectivity index is 3.11. The fourth-order valence-corrected chi connectivity index (χ4v) is 2.98. The summed E-state index contributed by atoms with van der Waals surface area (Å²) in [5, 5.41) is 2.29. The Morgan fingerprint density at radius 2 is 1.61 bits per heavy atom. The molecule has 0 amide bonds. The van der Waals surface area contributed by atoms with Gasteiger partial charge in [-0.05, 0) is 55.6 Å². The van der Waals surface area contributed by atoms with E-state index in [2.05, 4.69) is 79.9 Å². The van der Waals surface area contributed by atoms with Gasteiger partial charge in [0.15, 0.2) is 5.79 Å². The standard InChI is InChI=1S/C12H30N6/c1-11(15(2)3)12(16(4)5,17(6)7)18-10-8-9-13-14-18/h11,13-14H,8-10H2,1-7H3. The van der Waals surface area contributed by atoms with Crippen LogP contribution in [0, 0.1) is 0 Å². The zero-order chi connectivity index (χ0) is 13.9. The largest absolute Gasteiger partial charge is 0.302 e. The molecule has 1 unspecified atom stereocenters. The summed E-state index contributed by atoms with van der Waals surface area (Å²) in [6.07, 6.45) is 1.15. The minimum atomic E-state index is -0.198. The van der Waals surface area contributed by atoms with Crippen LogP contribution < -0.4 is 11.0 Å². The van der Waals surface area contributed by atoms with Gasteiger partial charge in [0.1, 0.15) is 0 Å². The Labute approximate surface area is 112 Å². The van der Waals surface area contributed by atoms with E-state index in [1.807, 2.05) is 0 Å². The molecule has 1 heterocycles. The molecular formula is C12H30N6. The summed E-state index contributed by atoms with van der Waals surface area (Å²) >= 11 is 0. The number of hydrogen-bond donors (Lipinski definition) is 2. The topological polar surface area (TPSA) is 37.0 Å². The van der Waals surface area contributed by atoms with Crippen molar-refractivity contribution in [2.45, 2.75) is 25.2 Å². The third-order valence-electron chi connectivity index (χ3n) is 3.95. The highest BCUT2D eigenvalue weighted by Crippen LogP contribution is 2.27. The smallest absolute Gasteiger partial charge is 0.159 e. The number of hydrogen-bond acceptors (Lipinski definition) is 6. The summed E-state index contributed by atoms with van der Waals surface area (Å²) in [7, 11) is 12.8. The van der Waals surface area contributed by atoms with E-state index in [1.165, 1.54) is 0 Å². The van der Waals surface area contributed by atoms with Crippen LogP contribution in [0.1, 0.15) is 13.3 Å². The maximum atomic E-state index is 3.33. The second-order valence-corrected chi connectivity index (χ2v) is 5.66. The molecule has 0 radical (unpaired) electrons. The van der Waals surface area contributed by atoms with Gasteiger partial charge in [0, 0.05) is 13.1 Å². The maximum Gasteiger partial charge on any atom is 0.159 e. The van der Waals surface area contributed by atoms with Crippen LogP contribution in [0.25, 0.3) is 0 Å². The van der Waals surface area contributed by atoms with E-state index in [0.717, 1.165) is 19.5 Å². The molecule has 0 bridgehead atoms. The molecule has 108 valence electrons. The van der Waals surface area contributed by atoms with Crippen molar-refractivity contribution in [3.63, 3.8) is 0 Å². The lowest BCUT2D eigenvalue weighted by molar-refractivity contribution is -0.202. The quantitative estimate of drug-likeness (QED) is 0.643. The average Bonchev–Trinajstić information content (AvgIpc) is 2.30. The molecule has 1 atom stereocenters. The fraction of sp³-hybridized carbons (Fsp3) is 1.00. The third-order valence-corrected chi connectivity index (χ3v) is 3.95. The van der Waals surface area contributed by atoms with Crippen LogP contribution in [0.2, 0.25) is 0 Å². The molecule has 18 heavy (non-hydrogen) atoms. The van der Waals surface area contributed by atoms with E-state index in [1.54, 1.807) is 0 Å². The van der Waals surface area contributed by atoms with Gasteiger partial charge in [0.25, 0.3) is 0 Å². The first-order valence-electron chi connectivity index (χ1n) is 6.62. The normalized spacial score (nSPS) is 21.0. The second-order valence-electron chi connectivity index (χ2n) is 5.66. The predicted octanol–water partition coefficient (Wildman–Crippen LogP) is -0.572.